The maximum Gasteiger partial charge on any atom is 0.224 e. The van der Waals surface area contributed by atoms with Crippen LogP contribution in [0.3, 0.4) is 0 Å². The van der Waals surface area contributed by atoms with E-state index in [1.54, 1.807) is 4.68 Å². The van der Waals surface area contributed by atoms with Gasteiger partial charge in [-0.15, -0.1) is 10.2 Å². The fraction of sp³-hybridized carbons (Fsp3) is 0.250. The summed E-state index contributed by atoms with van der Waals surface area (Å²) in [4.78, 5) is 12.0. The number of carbonyl (C=O) groups is 1. The summed E-state index contributed by atoms with van der Waals surface area (Å²) in [6.07, 6.45) is 1.84. The van der Waals surface area contributed by atoms with Crippen molar-refractivity contribution in [2.24, 2.45) is 0 Å². The zero-order valence-corrected chi connectivity index (χ0v) is 13.8. The molecule has 3 aromatic rings. The number of hydrogen-bond donors (Lipinski definition) is 2. The summed E-state index contributed by atoms with van der Waals surface area (Å²) >= 11 is 0. The normalized spacial score (nSPS) is 10.4. The Morgan fingerprint density at radius 3 is 2.60 bits per heavy atom. The summed E-state index contributed by atoms with van der Waals surface area (Å²) in [6.45, 7) is 2.98. The second-order valence-corrected chi connectivity index (χ2v) is 5.43. The molecule has 1 amide bonds. The minimum Gasteiger partial charge on any atom is -0.367 e. The molecule has 0 atom stereocenters. The number of aromatic nitrogens is 6. The highest BCUT2D eigenvalue weighted by atomic mass is 16.1. The van der Waals surface area contributed by atoms with E-state index in [0.29, 0.717) is 25.3 Å². The number of benzene rings is 1. The third kappa shape index (κ3) is 4.80. The van der Waals surface area contributed by atoms with Crippen molar-refractivity contribution in [3.8, 4) is 5.69 Å². The predicted octanol–water partition coefficient (Wildman–Crippen LogP) is 0.532. The Morgan fingerprint density at radius 1 is 1.08 bits per heavy atom. The van der Waals surface area contributed by atoms with Crippen LogP contribution >= 0.6 is 0 Å². The molecule has 0 aliphatic heterocycles. The van der Waals surface area contributed by atoms with Gasteiger partial charge in [-0.2, -0.15) is 5.10 Å². The van der Waals surface area contributed by atoms with Gasteiger partial charge in [0.1, 0.15) is 12.1 Å². The van der Waals surface area contributed by atoms with Gasteiger partial charge < -0.3 is 10.6 Å². The van der Waals surface area contributed by atoms with Crippen LogP contribution < -0.4 is 10.6 Å². The number of nitrogens with one attached hydrogen (secondary N) is 2. The number of amides is 1. The Balaban J connectivity index is 1.41. The van der Waals surface area contributed by atoms with E-state index in [0.717, 1.165) is 16.9 Å². The molecule has 0 bridgehead atoms. The van der Waals surface area contributed by atoms with Gasteiger partial charge in [-0.1, -0.05) is 12.1 Å². The highest BCUT2D eigenvalue weighted by Gasteiger charge is 2.04. The quantitative estimate of drug-likeness (QED) is 0.605. The van der Waals surface area contributed by atoms with Crippen molar-refractivity contribution >= 4 is 11.7 Å². The van der Waals surface area contributed by atoms with Gasteiger partial charge >= 0.3 is 0 Å². The van der Waals surface area contributed by atoms with Crippen LogP contribution in [-0.4, -0.2) is 49.4 Å². The molecule has 2 aromatic heterocycles. The van der Waals surface area contributed by atoms with Crippen molar-refractivity contribution < 1.29 is 4.79 Å². The van der Waals surface area contributed by atoms with Crippen LogP contribution in [0.4, 0.5) is 5.82 Å². The fourth-order valence-corrected chi connectivity index (χ4v) is 2.18. The van der Waals surface area contributed by atoms with Crippen LogP contribution in [0.1, 0.15) is 11.3 Å². The lowest BCUT2D eigenvalue weighted by atomic mass is 10.1. The summed E-state index contributed by atoms with van der Waals surface area (Å²) < 4.78 is 1.56. The Kier molecular flexibility index (Phi) is 5.25. The lowest BCUT2D eigenvalue weighted by Gasteiger charge is -2.07. The van der Waals surface area contributed by atoms with Crippen LogP contribution in [0.5, 0.6) is 0 Å². The Hall–Kier alpha value is -3.36. The molecule has 25 heavy (non-hydrogen) atoms. The lowest BCUT2D eigenvalue weighted by Crippen LogP contribution is -2.30. The number of anilines is 1. The largest absolute Gasteiger partial charge is 0.367 e. The van der Waals surface area contributed by atoms with Crippen LogP contribution in [0.2, 0.25) is 0 Å². The van der Waals surface area contributed by atoms with E-state index in [9.17, 15) is 4.79 Å². The van der Waals surface area contributed by atoms with Gasteiger partial charge in [0, 0.05) is 13.1 Å². The first-order valence-corrected chi connectivity index (χ1v) is 7.84. The molecule has 9 nitrogen and oxygen atoms in total. The van der Waals surface area contributed by atoms with Gasteiger partial charge in [-0.05, 0) is 47.2 Å². The van der Waals surface area contributed by atoms with Crippen molar-refractivity contribution in [3.63, 3.8) is 0 Å². The van der Waals surface area contributed by atoms with Crippen LogP contribution in [0, 0.1) is 6.92 Å². The van der Waals surface area contributed by atoms with Gasteiger partial charge in [0.05, 0.1) is 17.8 Å². The van der Waals surface area contributed by atoms with E-state index in [2.05, 4.69) is 36.4 Å². The Morgan fingerprint density at radius 2 is 1.92 bits per heavy atom. The number of nitrogens with zero attached hydrogens (tertiary/aromatic N) is 6. The number of aryl methyl sites for hydroxylation is 1. The number of carbonyl (C=O) groups excluding carboxylic acids is 1. The van der Waals surface area contributed by atoms with Gasteiger partial charge in [-0.25, -0.2) is 4.68 Å². The topological polar surface area (TPSA) is 111 Å². The molecule has 128 valence electrons. The van der Waals surface area contributed by atoms with E-state index in [1.165, 1.54) is 6.33 Å². The van der Waals surface area contributed by atoms with E-state index in [4.69, 9.17) is 0 Å². The average Bonchev–Trinajstić information content (AvgIpc) is 3.15. The zero-order chi connectivity index (χ0) is 17.5. The van der Waals surface area contributed by atoms with Crippen molar-refractivity contribution in [2.75, 3.05) is 18.4 Å². The molecular weight excluding hydrogens is 320 g/mol. The van der Waals surface area contributed by atoms with Crippen LogP contribution in [0.25, 0.3) is 5.69 Å². The Bertz CT molecular complexity index is 799. The third-order valence-corrected chi connectivity index (χ3v) is 3.47. The van der Waals surface area contributed by atoms with Crippen molar-refractivity contribution in [1.82, 2.24) is 35.7 Å². The van der Waals surface area contributed by atoms with Gasteiger partial charge in [0.2, 0.25) is 5.91 Å². The molecule has 0 aliphatic rings. The van der Waals surface area contributed by atoms with Crippen LogP contribution in [-0.2, 0) is 11.2 Å². The van der Waals surface area contributed by atoms with Gasteiger partial charge in [0.15, 0.2) is 0 Å². The average molecular weight is 338 g/mol. The van der Waals surface area contributed by atoms with Crippen molar-refractivity contribution in [2.45, 2.75) is 13.3 Å². The molecule has 0 unspecified atom stereocenters. The Labute approximate surface area is 144 Å². The minimum absolute atomic E-state index is 0.0352. The molecule has 1 aromatic carbocycles. The zero-order valence-electron chi connectivity index (χ0n) is 13.8. The third-order valence-electron chi connectivity index (χ3n) is 3.47. The van der Waals surface area contributed by atoms with E-state index < -0.39 is 0 Å². The molecule has 0 saturated heterocycles. The molecular formula is C16H18N8O. The maximum absolute atomic E-state index is 12.0. The predicted molar refractivity (Wildman–Crippen MR) is 91.1 cm³/mol. The number of tetrazole rings is 1. The molecule has 0 fully saturated rings. The molecule has 2 N–H and O–H groups in total. The number of hydrogen-bond acceptors (Lipinski definition) is 7. The van der Waals surface area contributed by atoms with Crippen molar-refractivity contribution in [3.05, 3.63) is 54.0 Å². The molecule has 2 heterocycles. The molecule has 3 rings (SSSR count). The summed E-state index contributed by atoms with van der Waals surface area (Å²) in [5.74, 6) is 0.657. The standard InChI is InChI=1S/C16H18N8O/c1-12-2-7-15(21-20-12)17-8-9-18-16(25)10-13-3-5-14(6-4-13)24-11-19-22-23-24/h2-7,11H,8-10H2,1H3,(H,17,21)(H,18,25). The second kappa shape index (κ2) is 7.95. The molecule has 0 radical (unpaired) electrons. The first-order valence-electron chi connectivity index (χ1n) is 7.84. The smallest absolute Gasteiger partial charge is 0.224 e. The second-order valence-electron chi connectivity index (χ2n) is 5.43. The van der Waals surface area contributed by atoms with E-state index in [-0.39, 0.29) is 5.91 Å². The summed E-state index contributed by atoms with van der Waals surface area (Å²) in [6, 6.07) is 11.3. The molecule has 0 aliphatic carbocycles. The van der Waals surface area contributed by atoms with Gasteiger partial charge in [-0.3, -0.25) is 4.79 Å². The summed E-state index contributed by atoms with van der Waals surface area (Å²) in [7, 11) is 0. The number of rotatable bonds is 7. The first-order chi connectivity index (χ1) is 12.2. The molecule has 0 spiro atoms. The summed E-state index contributed by atoms with van der Waals surface area (Å²) in [5.41, 5.74) is 2.63. The maximum atomic E-state index is 12.0. The highest BCUT2D eigenvalue weighted by Crippen LogP contribution is 2.08. The van der Waals surface area contributed by atoms with Crippen molar-refractivity contribution in [1.29, 1.82) is 0 Å². The molecule has 9 heteroatoms. The highest BCUT2D eigenvalue weighted by molar-refractivity contribution is 5.78. The minimum atomic E-state index is -0.0352. The van der Waals surface area contributed by atoms with E-state index in [1.807, 2.05) is 43.3 Å². The SMILES string of the molecule is Cc1ccc(NCCNC(=O)Cc2ccc(-n3cnnn3)cc2)nn1. The monoisotopic (exact) mass is 338 g/mol. The lowest BCUT2D eigenvalue weighted by molar-refractivity contribution is -0.120. The van der Waals surface area contributed by atoms with Crippen LogP contribution in [0.15, 0.2) is 42.7 Å². The fourth-order valence-electron chi connectivity index (χ4n) is 2.18. The molecule has 0 saturated carbocycles. The summed E-state index contributed by atoms with van der Waals surface area (Å²) in [5, 5.41) is 24.9. The van der Waals surface area contributed by atoms with E-state index >= 15 is 0 Å². The van der Waals surface area contributed by atoms with Gasteiger partial charge in [0.25, 0.3) is 0 Å². The first kappa shape index (κ1) is 16.5.